The fourth-order valence-corrected chi connectivity index (χ4v) is 1.86. The molecule has 2 nitrogen and oxygen atoms in total. The third kappa shape index (κ3) is 18.2. The van der Waals surface area contributed by atoms with Gasteiger partial charge in [0.1, 0.15) is 0 Å². The van der Waals surface area contributed by atoms with Crippen molar-refractivity contribution in [2.45, 2.75) is 58.3 Å². The zero-order chi connectivity index (χ0) is 18.0. The number of unbranched alkanes of at least 4 members (excludes halogenated alkanes) is 7. The second-order valence-corrected chi connectivity index (χ2v) is 5.04. The molecule has 0 bridgehead atoms. The lowest BCUT2D eigenvalue weighted by molar-refractivity contribution is -0.131. The highest BCUT2D eigenvalue weighted by Crippen LogP contribution is 2.08. The predicted molar refractivity (Wildman–Crippen MR) is 95.9 cm³/mol. The summed E-state index contributed by atoms with van der Waals surface area (Å²) in [6.45, 7) is 2.24. The molecule has 0 saturated heterocycles. The number of carbonyl (C=O) groups is 1. The molecule has 0 radical (unpaired) electrons. The Hall–Kier alpha value is -1.83. The van der Waals surface area contributed by atoms with Crippen molar-refractivity contribution in [2.75, 3.05) is 0 Å². The lowest BCUT2D eigenvalue weighted by Gasteiger charge is -1.98. The molecule has 2 heteroatoms. The maximum atomic E-state index is 10.5. The van der Waals surface area contributed by atoms with Crippen molar-refractivity contribution in [3.05, 3.63) is 60.7 Å². The van der Waals surface area contributed by atoms with Gasteiger partial charge in [-0.15, -0.1) is 0 Å². The molecule has 0 aromatic heterocycles. The Morgan fingerprint density at radius 3 is 2.05 bits per heavy atom. The summed E-state index contributed by atoms with van der Waals surface area (Å²) >= 11 is 0. The maximum Gasteiger partial charge on any atom is 0.328 e. The number of aliphatic carboxylic acids is 1. The van der Waals surface area contributed by atoms with E-state index in [0.29, 0.717) is 0 Å². The minimum Gasteiger partial charge on any atom is -0.478 e. The summed E-state index contributed by atoms with van der Waals surface area (Å²) in [4.78, 5) is 10.5. The van der Waals surface area contributed by atoms with E-state index in [4.69, 9.17) is 7.85 Å². The molecule has 0 aliphatic carbocycles. The van der Waals surface area contributed by atoms with E-state index < -0.39 is 12.0 Å². The summed E-state index contributed by atoms with van der Waals surface area (Å²) in [5.74, 6) is -1.39. The Balaban J connectivity index is 3.77. The molecule has 0 spiro atoms. The Labute approximate surface area is 138 Å². The van der Waals surface area contributed by atoms with Gasteiger partial charge in [-0.05, 0) is 12.8 Å². The van der Waals surface area contributed by atoms with Crippen LogP contribution in [0.2, 0.25) is 0 Å². The summed E-state index contributed by atoms with van der Waals surface area (Å²) in [5, 5.41) is 8.54. The zero-order valence-corrected chi connectivity index (χ0v) is 13.6. The average molecular weight is 304 g/mol. The third-order valence-electron chi connectivity index (χ3n) is 3.02. The maximum absolute atomic E-state index is 10.5. The lowest BCUT2D eigenvalue weighted by Crippen LogP contribution is -1.84. The van der Waals surface area contributed by atoms with Crippen molar-refractivity contribution in [3.8, 4) is 0 Å². The van der Waals surface area contributed by atoms with E-state index in [1.807, 2.05) is 18.2 Å². The van der Waals surface area contributed by atoms with Gasteiger partial charge < -0.3 is 5.11 Å². The van der Waals surface area contributed by atoms with Gasteiger partial charge in [0, 0.05) is 6.05 Å². The van der Waals surface area contributed by atoms with Gasteiger partial charge in [0.05, 0.1) is 2.74 Å². The second-order valence-electron chi connectivity index (χ2n) is 5.04. The van der Waals surface area contributed by atoms with Crippen LogP contribution in [0.1, 0.15) is 61.0 Å². The first-order valence-corrected chi connectivity index (χ1v) is 8.17. The van der Waals surface area contributed by atoms with E-state index in [-0.39, 0.29) is 6.05 Å². The van der Waals surface area contributed by atoms with Crippen molar-refractivity contribution >= 4 is 5.97 Å². The molecular weight excluding hydrogens is 272 g/mol. The van der Waals surface area contributed by atoms with Crippen LogP contribution in [0.15, 0.2) is 60.7 Å². The molecule has 0 amide bonds. The Kier molecular flexibility index (Phi) is 12.9. The summed E-state index contributed by atoms with van der Waals surface area (Å²) in [6, 6.07) is -1.02. The number of hydrogen-bond donors (Lipinski definition) is 1. The molecule has 0 saturated carbocycles. The van der Waals surface area contributed by atoms with Gasteiger partial charge in [0.2, 0.25) is 0 Å². The van der Waals surface area contributed by atoms with E-state index in [2.05, 4.69) is 13.0 Å². The van der Waals surface area contributed by atoms with Gasteiger partial charge in [-0.1, -0.05) is 100 Å². The molecule has 0 aromatic rings. The number of carboxylic acid groups (broad SMARTS) is 1. The monoisotopic (exact) mass is 304 g/mol. The molecule has 0 rings (SSSR count). The van der Waals surface area contributed by atoms with E-state index in [1.54, 1.807) is 18.2 Å². The predicted octanol–water partition coefficient (Wildman–Crippen LogP) is 5.99. The molecule has 0 unspecified atom stereocenters. The fourth-order valence-electron chi connectivity index (χ4n) is 1.86. The van der Waals surface area contributed by atoms with Gasteiger partial charge in [-0.2, -0.15) is 0 Å². The minimum atomic E-state index is -1.39. The normalized spacial score (nSPS) is 15.0. The van der Waals surface area contributed by atoms with Crippen LogP contribution in [-0.2, 0) is 4.79 Å². The Bertz CT molecular complexity index is 486. The summed E-state index contributed by atoms with van der Waals surface area (Å²) in [7, 11) is 0. The van der Waals surface area contributed by atoms with Crippen LogP contribution in [0.4, 0.5) is 0 Å². The first-order valence-electron chi connectivity index (χ1n) is 9.17. The van der Waals surface area contributed by atoms with Gasteiger partial charge in [-0.3, -0.25) is 0 Å². The van der Waals surface area contributed by atoms with Crippen LogP contribution < -0.4 is 0 Å². The first kappa shape index (κ1) is 16.5. The number of rotatable bonds is 13. The van der Waals surface area contributed by atoms with Crippen LogP contribution in [-0.4, -0.2) is 11.1 Å². The van der Waals surface area contributed by atoms with Crippen LogP contribution in [0.25, 0.3) is 0 Å². The van der Waals surface area contributed by atoms with Gasteiger partial charge in [0.25, 0.3) is 0 Å². The molecule has 0 aliphatic heterocycles. The molecule has 0 aliphatic rings. The fraction of sp³-hybridized carbons (Fsp3) is 0.450. The standard InChI is InChI=1S/C20H30O2/c1-2-3-4-5-6-7-8-9-10-11-12-13-14-15-16-17-18-19-20(21)22/h10-19H,2-9H2,1H3,(H,21,22)/i18D,19D. The smallest absolute Gasteiger partial charge is 0.328 e. The van der Waals surface area contributed by atoms with Crippen molar-refractivity contribution < 1.29 is 12.6 Å². The van der Waals surface area contributed by atoms with E-state index in [0.717, 1.165) is 6.42 Å². The van der Waals surface area contributed by atoms with Gasteiger partial charge in [0.15, 0.2) is 0 Å². The zero-order valence-electron chi connectivity index (χ0n) is 15.6. The number of hydrogen-bond acceptors (Lipinski definition) is 1. The minimum absolute atomic E-state index is 0.314. The highest BCUT2D eigenvalue weighted by molar-refractivity contribution is 5.80. The molecule has 0 fully saturated rings. The second kappa shape index (κ2) is 17.2. The van der Waals surface area contributed by atoms with Crippen LogP contribution in [0, 0.1) is 0 Å². The van der Waals surface area contributed by atoms with Crippen LogP contribution >= 0.6 is 0 Å². The van der Waals surface area contributed by atoms with Gasteiger partial charge >= 0.3 is 5.97 Å². The van der Waals surface area contributed by atoms with Crippen LogP contribution in [0.5, 0.6) is 0 Å². The summed E-state index contributed by atoms with van der Waals surface area (Å²) in [5.41, 5.74) is 0. The molecule has 22 heavy (non-hydrogen) atoms. The van der Waals surface area contributed by atoms with Crippen molar-refractivity contribution in [1.82, 2.24) is 0 Å². The van der Waals surface area contributed by atoms with Crippen molar-refractivity contribution in [3.63, 3.8) is 0 Å². The largest absolute Gasteiger partial charge is 0.478 e. The molecule has 0 atom stereocenters. The van der Waals surface area contributed by atoms with Crippen molar-refractivity contribution in [1.29, 1.82) is 0 Å². The molecule has 1 N–H and O–H groups in total. The highest BCUT2D eigenvalue weighted by Gasteiger charge is 1.88. The average Bonchev–Trinajstić information content (AvgIpc) is 2.57. The molecule has 122 valence electrons. The Morgan fingerprint density at radius 2 is 1.41 bits per heavy atom. The topological polar surface area (TPSA) is 37.3 Å². The number of carboxylic acids is 1. The highest BCUT2D eigenvalue weighted by atomic mass is 16.4. The number of allylic oxidation sites excluding steroid dienone is 9. The van der Waals surface area contributed by atoms with E-state index >= 15 is 0 Å². The SMILES string of the molecule is [2H]C(C=CC=CC=CC=CCCCCCCCCC)=C([2H])C(=O)O. The molecule has 0 heterocycles. The van der Waals surface area contributed by atoms with Crippen molar-refractivity contribution in [2.24, 2.45) is 0 Å². The lowest BCUT2D eigenvalue weighted by atomic mass is 10.1. The van der Waals surface area contributed by atoms with E-state index in [1.165, 1.54) is 51.0 Å². The summed E-state index contributed by atoms with van der Waals surface area (Å²) < 4.78 is 14.5. The quantitative estimate of drug-likeness (QED) is 0.258. The molecule has 0 aromatic carbocycles. The van der Waals surface area contributed by atoms with E-state index in [9.17, 15) is 4.79 Å². The Morgan fingerprint density at radius 1 is 0.864 bits per heavy atom. The summed E-state index contributed by atoms with van der Waals surface area (Å²) in [6.07, 6.45) is 24.7. The van der Waals surface area contributed by atoms with Crippen LogP contribution in [0.3, 0.4) is 0 Å². The van der Waals surface area contributed by atoms with Gasteiger partial charge in [-0.25, -0.2) is 4.79 Å². The third-order valence-corrected chi connectivity index (χ3v) is 3.02. The molecular formula is C20H30O2. The first-order chi connectivity index (χ1) is 11.6.